The molecule has 0 fully saturated rings. The number of nitrogen functional groups attached to an aromatic ring is 3. The first-order valence-electron chi connectivity index (χ1n) is 8.67. The van der Waals surface area contributed by atoms with Gasteiger partial charge >= 0.3 is 0 Å². The fourth-order valence-corrected chi connectivity index (χ4v) is 3.18. The number of hydrogen-bond donors (Lipinski definition) is 3. The summed E-state index contributed by atoms with van der Waals surface area (Å²) in [4.78, 5) is 0. The van der Waals surface area contributed by atoms with Gasteiger partial charge in [0, 0.05) is 23.0 Å². The van der Waals surface area contributed by atoms with E-state index >= 15 is 0 Å². The van der Waals surface area contributed by atoms with E-state index in [1.165, 1.54) is 16.7 Å². The molecule has 25 heavy (non-hydrogen) atoms. The van der Waals surface area contributed by atoms with Gasteiger partial charge in [0.2, 0.25) is 0 Å². The second-order valence-electron chi connectivity index (χ2n) is 6.52. The monoisotopic (exact) mass is 331 g/mol. The number of aryl methyl sites for hydroxylation is 1. The molecular weight excluding hydrogens is 306 g/mol. The van der Waals surface area contributed by atoms with Crippen molar-refractivity contribution in [3.63, 3.8) is 0 Å². The zero-order valence-corrected chi connectivity index (χ0v) is 14.4. The predicted octanol–water partition coefficient (Wildman–Crippen LogP) is 4.59. The van der Waals surface area contributed by atoms with Crippen LogP contribution in [0.2, 0.25) is 0 Å². The highest BCUT2D eigenvalue weighted by molar-refractivity contribution is 5.45. The molecule has 0 aliphatic rings. The molecule has 3 nitrogen and oxygen atoms in total. The first-order chi connectivity index (χ1) is 12.1. The minimum absolute atomic E-state index is 0.343. The normalized spacial score (nSPS) is 10.9. The molecule has 0 aromatic heterocycles. The van der Waals surface area contributed by atoms with Crippen molar-refractivity contribution in [1.82, 2.24) is 0 Å². The molecule has 0 heterocycles. The molecule has 6 N–H and O–H groups in total. The molecule has 3 heteroatoms. The number of anilines is 3. The number of hydrogen-bond acceptors (Lipinski definition) is 3. The van der Waals surface area contributed by atoms with Crippen molar-refractivity contribution in [3.05, 3.63) is 89.5 Å². The van der Waals surface area contributed by atoms with Gasteiger partial charge in [-0.3, -0.25) is 0 Å². The molecule has 0 aliphatic heterocycles. The first-order valence-corrected chi connectivity index (χ1v) is 8.67. The van der Waals surface area contributed by atoms with E-state index in [4.69, 9.17) is 17.2 Å². The lowest BCUT2D eigenvalue weighted by Gasteiger charge is -2.19. The smallest absolute Gasteiger partial charge is 0.0314 e. The molecule has 0 atom stereocenters. The Balaban J connectivity index is 1.75. The van der Waals surface area contributed by atoms with Crippen LogP contribution in [0.25, 0.3) is 0 Å². The van der Waals surface area contributed by atoms with Crippen LogP contribution in [0.15, 0.2) is 72.8 Å². The number of benzene rings is 3. The molecule has 3 rings (SSSR count). The minimum Gasteiger partial charge on any atom is -0.399 e. The maximum Gasteiger partial charge on any atom is 0.0314 e. The molecule has 3 aromatic carbocycles. The summed E-state index contributed by atoms with van der Waals surface area (Å²) in [6.07, 6.45) is 3.21. The molecule has 0 unspecified atom stereocenters. The summed E-state index contributed by atoms with van der Waals surface area (Å²) in [5.74, 6) is 0.343. The van der Waals surface area contributed by atoms with E-state index in [2.05, 4.69) is 36.4 Å². The lowest BCUT2D eigenvalue weighted by molar-refractivity contribution is 0.661. The van der Waals surface area contributed by atoms with Gasteiger partial charge in [-0.2, -0.15) is 0 Å². The molecule has 0 spiro atoms. The number of nitrogens with two attached hydrogens (primary N) is 3. The van der Waals surface area contributed by atoms with Crippen molar-refractivity contribution in [2.45, 2.75) is 25.2 Å². The summed E-state index contributed by atoms with van der Waals surface area (Å²) in [5.41, 5.74) is 23.7. The van der Waals surface area contributed by atoms with E-state index in [9.17, 15) is 0 Å². The fourth-order valence-electron chi connectivity index (χ4n) is 3.18. The molecule has 0 aliphatic carbocycles. The van der Waals surface area contributed by atoms with Crippen molar-refractivity contribution >= 4 is 17.1 Å². The van der Waals surface area contributed by atoms with Crippen LogP contribution in [-0.4, -0.2) is 0 Å². The Labute approximate surface area is 149 Å². The van der Waals surface area contributed by atoms with E-state index in [1.807, 2.05) is 36.4 Å². The predicted molar refractivity (Wildman–Crippen MR) is 107 cm³/mol. The van der Waals surface area contributed by atoms with Crippen molar-refractivity contribution in [2.24, 2.45) is 0 Å². The summed E-state index contributed by atoms with van der Waals surface area (Å²) in [7, 11) is 0. The van der Waals surface area contributed by atoms with E-state index in [-0.39, 0.29) is 0 Å². The highest BCUT2D eigenvalue weighted by Gasteiger charge is 2.14. The van der Waals surface area contributed by atoms with Crippen molar-refractivity contribution < 1.29 is 0 Å². The van der Waals surface area contributed by atoms with Gasteiger partial charge in [0.1, 0.15) is 0 Å². The molecule has 0 radical (unpaired) electrons. The third-order valence-corrected chi connectivity index (χ3v) is 4.62. The Morgan fingerprint density at radius 3 is 1.40 bits per heavy atom. The maximum atomic E-state index is 5.85. The Morgan fingerprint density at radius 1 is 0.560 bits per heavy atom. The van der Waals surface area contributed by atoms with E-state index in [0.29, 0.717) is 5.92 Å². The highest BCUT2D eigenvalue weighted by Crippen LogP contribution is 2.31. The maximum absolute atomic E-state index is 5.85. The summed E-state index contributed by atoms with van der Waals surface area (Å²) in [5, 5.41) is 0. The standard InChI is InChI=1S/C22H25N3/c23-19-10-4-16(5-11-19)2-1-3-22(17-6-12-20(24)13-7-17)18-8-14-21(25)15-9-18/h4-15,22H,1-3,23-25H2. The van der Waals surface area contributed by atoms with E-state index in [1.54, 1.807) is 0 Å². The summed E-state index contributed by atoms with van der Waals surface area (Å²) in [6, 6.07) is 24.5. The Hall–Kier alpha value is -2.94. The van der Waals surface area contributed by atoms with Gasteiger partial charge in [-0.25, -0.2) is 0 Å². The molecule has 0 bridgehead atoms. The van der Waals surface area contributed by atoms with Crippen LogP contribution < -0.4 is 17.2 Å². The average molecular weight is 331 g/mol. The molecule has 0 saturated heterocycles. The largest absolute Gasteiger partial charge is 0.399 e. The van der Waals surface area contributed by atoms with Crippen molar-refractivity contribution in [2.75, 3.05) is 17.2 Å². The molecule has 128 valence electrons. The zero-order valence-electron chi connectivity index (χ0n) is 14.4. The lowest BCUT2D eigenvalue weighted by atomic mass is 9.86. The first kappa shape index (κ1) is 16.9. The summed E-state index contributed by atoms with van der Waals surface area (Å²) >= 11 is 0. The molecule has 0 saturated carbocycles. The molecule has 0 amide bonds. The third-order valence-electron chi connectivity index (χ3n) is 4.62. The Morgan fingerprint density at radius 2 is 0.960 bits per heavy atom. The van der Waals surface area contributed by atoms with Gasteiger partial charge < -0.3 is 17.2 Å². The van der Waals surface area contributed by atoms with Gasteiger partial charge in [0.25, 0.3) is 0 Å². The second kappa shape index (κ2) is 7.75. The molecular formula is C22H25N3. The van der Waals surface area contributed by atoms with Crippen LogP contribution in [0, 0.1) is 0 Å². The summed E-state index contributed by atoms with van der Waals surface area (Å²) in [6.45, 7) is 0. The van der Waals surface area contributed by atoms with Crippen LogP contribution in [0.5, 0.6) is 0 Å². The van der Waals surface area contributed by atoms with Crippen molar-refractivity contribution in [1.29, 1.82) is 0 Å². The fraction of sp³-hybridized carbons (Fsp3) is 0.182. The highest BCUT2D eigenvalue weighted by atomic mass is 14.5. The van der Waals surface area contributed by atoms with Crippen LogP contribution in [0.3, 0.4) is 0 Å². The van der Waals surface area contributed by atoms with E-state index in [0.717, 1.165) is 36.3 Å². The minimum atomic E-state index is 0.343. The summed E-state index contributed by atoms with van der Waals surface area (Å²) < 4.78 is 0. The van der Waals surface area contributed by atoms with Crippen LogP contribution >= 0.6 is 0 Å². The average Bonchev–Trinajstić information content (AvgIpc) is 2.62. The van der Waals surface area contributed by atoms with Crippen LogP contribution in [0.1, 0.15) is 35.4 Å². The van der Waals surface area contributed by atoms with Gasteiger partial charge in [-0.1, -0.05) is 36.4 Å². The quantitative estimate of drug-likeness (QED) is 0.578. The Kier molecular flexibility index (Phi) is 5.24. The lowest BCUT2D eigenvalue weighted by Crippen LogP contribution is -2.03. The zero-order chi connectivity index (χ0) is 17.6. The second-order valence-corrected chi connectivity index (χ2v) is 6.52. The van der Waals surface area contributed by atoms with Crippen LogP contribution in [0.4, 0.5) is 17.1 Å². The van der Waals surface area contributed by atoms with Crippen LogP contribution in [-0.2, 0) is 6.42 Å². The SMILES string of the molecule is Nc1ccc(CCCC(c2ccc(N)cc2)c2ccc(N)cc2)cc1. The third kappa shape index (κ3) is 4.54. The van der Waals surface area contributed by atoms with Gasteiger partial charge in [0.15, 0.2) is 0 Å². The van der Waals surface area contributed by atoms with Gasteiger partial charge in [-0.05, 0) is 72.4 Å². The van der Waals surface area contributed by atoms with Gasteiger partial charge in [0.05, 0.1) is 0 Å². The number of rotatable bonds is 6. The van der Waals surface area contributed by atoms with E-state index < -0.39 is 0 Å². The Bertz CT molecular complexity index is 745. The topological polar surface area (TPSA) is 78.1 Å². The van der Waals surface area contributed by atoms with Crippen molar-refractivity contribution in [3.8, 4) is 0 Å². The van der Waals surface area contributed by atoms with Gasteiger partial charge in [-0.15, -0.1) is 0 Å². The molecule has 3 aromatic rings.